The Bertz CT molecular complexity index is 694. The lowest BCUT2D eigenvalue weighted by atomic mass is 9.99. The molecular formula is C18H21N3OS. The zero-order valence-corrected chi connectivity index (χ0v) is 14.0. The molecule has 120 valence electrons. The standard InChI is InChI=1S/C18H21N3OS/c22-15-8-4-5-9-16(15)23-18-20-19-17(14-10-11-14)21(18)12-13-6-2-1-3-7-13/h1-3,6-7,14,16H,4-5,8-12H2. The number of aromatic nitrogens is 3. The van der Waals surface area contributed by atoms with E-state index in [0.717, 1.165) is 43.2 Å². The molecule has 1 aromatic carbocycles. The van der Waals surface area contributed by atoms with E-state index in [4.69, 9.17) is 0 Å². The number of benzene rings is 1. The Hall–Kier alpha value is -1.62. The van der Waals surface area contributed by atoms with Gasteiger partial charge in [0.05, 0.1) is 11.8 Å². The average Bonchev–Trinajstić information content (AvgIpc) is 3.35. The fraction of sp³-hybridized carbons (Fsp3) is 0.500. The van der Waals surface area contributed by atoms with E-state index in [0.29, 0.717) is 11.7 Å². The molecule has 4 nitrogen and oxygen atoms in total. The number of Topliss-reactive ketones (excluding diaryl/α,β-unsaturated/α-hetero) is 1. The van der Waals surface area contributed by atoms with Crippen molar-refractivity contribution in [2.75, 3.05) is 0 Å². The average molecular weight is 327 g/mol. The number of hydrogen-bond donors (Lipinski definition) is 0. The van der Waals surface area contributed by atoms with Crippen LogP contribution in [-0.2, 0) is 11.3 Å². The van der Waals surface area contributed by atoms with Crippen LogP contribution in [0.1, 0.15) is 55.8 Å². The molecule has 2 aromatic rings. The van der Waals surface area contributed by atoms with Gasteiger partial charge in [-0.05, 0) is 31.2 Å². The highest BCUT2D eigenvalue weighted by molar-refractivity contribution is 8.00. The van der Waals surface area contributed by atoms with Crippen LogP contribution in [0.3, 0.4) is 0 Å². The summed E-state index contributed by atoms with van der Waals surface area (Å²) in [5, 5.41) is 9.85. The molecule has 0 aliphatic heterocycles. The Labute approximate surface area is 140 Å². The summed E-state index contributed by atoms with van der Waals surface area (Å²) in [6.45, 7) is 0.795. The van der Waals surface area contributed by atoms with Crippen molar-refractivity contribution in [2.24, 2.45) is 0 Å². The summed E-state index contributed by atoms with van der Waals surface area (Å²) < 4.78 is 2.24. The highest BCUT2D eigenvalue weighted by Crippen LogP contribution is 2.41. The zero-order chi connectivity index (χ0) is 15.6. The molecule has 2 aliphatic carbocycles. The van der Waals surface area contributed by atoms with Gasteiger partial charge >= 0.3 is 0 Å². The van der Waals surface area contributed by atoms with E-state index in [1.807, 2.05) is 6.07 Å². The van der Waals surface area contributed by atoms with Gasteiger partial charge in [-0.15, -0.1) is 10.2 Å². The van der Waals surface area contributed by atoms with E-state index in [1.165, 1.54) is 18.4 Å². The van der Waals surface area contributed by atoms with Crippen LogP contribution in [0.15, 0.2) is 35.5 Å². The Morgan fingerprint density at radius 2 is 1.91 bits per heavy atom. The molecule has 1 heterocycles. The molecule has 0 bridgehead atoms. The number of thioether (sulfide) groups is 1. The largest absolute Gasteiger partial charge is 0.301 e. The molecule has 1 atom stereocenters. The van der Waals surface area contributed by atoms with Gasteiger partial charge in [0.25, 0.3) is 0 Å². The molecule has 0 spiro atoms. The predicted octanol–water partition coefficient (Wildman–Crippen LogP) is 3.81. The molecule has 0 N–H and O–H groups in total. The molecule has 1 unspecified atom stereocenters. The van der Waals surface area contributed by atoms with Crippen molar-refractivity contribution in [3.05, 3.63) is 41.7 Å². The van der Waals surface area contributed by atoms with Crippen molar-refractivity contribution in [2.45, 2.75) is 61.4 Å². The fourth-order valence-electron chi connectivity index (χ4n) is 3.15. The van der Waals surface area contributed by atoms with Gasteiger partial charge in [-0.25, -0.2) is 0 Å². The maximum Gasteiger partial charge on any atom is 0.192 e. The van der Waals surface area contributed by atoms with E-state index >= 15 is 0 Å². The van der Waals surface area contributed by atoms with Crippen LogP contribution in [0.25, 0.3) is 0 Å². The summed E-state index contributed by atoms with van der Waals surface area (Å²) in [6.07, 6.45) is 6.30. The molecule has 2 aliphatic rings. The summed E-state index contributed by atoms with van der Waals surface area (Å²) in [6, 6.07) is 10.4. The lowest BCUT2D eigenvalue weighted by molar-refractivity contribution is -0.119. The minimum Gasteiger partial charge on any atom is -0.301 e. The Kier molecular flexibility index (Phi) is 4.21. The van der Waals surface area contributed by atoms with Crippen molar-refractivity contribution in [1.82, 2.24) is 14.8 Å². The number of rotatable bonds is 5. The zero-order valence-electron chi connectivity index (χ0n) is 13.1. The van der Waals surface area contributed by atoms with Crippen LogP contribution in [0.2, 0.25) is 0 Å². The molecule has 0 radical (unpaired) electrons. The first-order chi connectivity index (χ1) is 11.3. The molecule has 4 rings (SSSR count). The molecule has 5 heteroatoms. The molecule has 1 aromatic heterocycles. The quantitative estimate of drug-likeness (QED) is 0.838. The maximum absolute atomic E-state index is 12.1. The van der Waals surface area contributed by atoms with Crippen molar-refractivity contribution >= 4 is 17.5 Å². The van der Waals surface area contributed by atoms with Gasteiger partial charge < -0.3 is 4.57 Å². The van der Waals surface area contributed by atoms with E-state index < -0.39 is 0 Å². The van der Waals surface area contributed by atoms with Crippen molar-refractivity contribution < 1.29 is 4.79 Å². The highest BCUT2D eigenvalue weighted by atomic mass is 32.2. The first kappa shape index (κ1) is 14.9. The van der Waals surface area contributed by atoms with Crippen molar-refractivity contribution in [3.8, 4) is 0 Å². The highest BCUT2D eigenvalue weighted by Gasteiger charge is 2.32. The minimum atomic E-state index is 0.0644. The van der Waals surface area contributed by atoms with Crippen LogP contribution < -0.4 is 0 Å². The van der Waals surface area contributed by atoms with Crippen LogP contribution in [0, 0.1) is 0 Å². The van der Waals surface area contributed by atoms with Crippen LogP contribution in [0.5, 0.6) is 0 Å². The van der Waals surface area contributed by atoms with Gasteiger partial charge in [-0.3, -0.25) is 4.79 Å². The third kappa shape index (κ3) is 3.34. The number of ketones is 1. The first-order valence-corrected chi connectivity index (χ1v) is 9.35. The summed E-state index contributed by atoms with van der Waals surface area (Å²) in [4.78, 5) is 12.1. The Morgan fingerprint density at radius 3 is 2.65 bits per heavy atom. The Balaban J connectivity index is 1.60. The van der Waals surface area contributed by atoms with Gasteiger partial charge in [0.15, 0.2) is 5.16 Å². The van der Waals surface area contributed by atoms with E-state index in [-0.39, 0.29) is 5.25 Å². The second-order valence-corrected chi connectivity index (χ2v) is 7.68. The van der Waals surface area contributed by atoms with Gasteiger partial charge in [0, 0.05) is 12.3 Å². The third-order valence-corrected chi connectivity index (χ3v) is 5.91. The summed E-state index contributed by atoms with van der Waals surface area (Å²) in [7, 11) is 0. The van der Waals surface area contributed by atoms with Gasteiger partial charge in [-0.2, -0.15) is 0 Å². The third-order valence-electron chi connectivity index (χ3n) is 4.62. The molecular weight excluding hydrogens is 306 g/mol. The smallest absolute Gasteiger partial charge is 0.192 e. The number of carbonyl (C=O) groups is 1. The lowest BCUT2D eigenvalue weighted by Gasteiger charge is -2.19. The Morgan fingerprint density at radius 1 is 1.09 bits per heavy atom. The van der Waals surface area contributed by atoms with Gasteiger partial charge in [-0.1, -0.05) is 48.5 Å². The SMILES string of the molecule is O=C1CCCCC1Sc1nnc(C2CC2)n1Cc1ccccc1. The number of hydrogen-bond acceptors (Lipinski definition) is 4. The molecule has 2 saturated carbocycles. The molecule has 0 amide bonds. The summed E-state index contributed by atoms with van der Waals surface area (Å²) >= 11 is 1.62. The predicted molar refractivity (Wildman–Crippen MR) is 90.7 cm³/mol. The van der Waals surface area contributed by atoms with E-state index in [2.05, 4.69) is 39.0 Å². The monoisotopic (exact) mass is 327 g/mol. The number of carbonyl (C=O) groups excluding carboxylic acids is 1. The van der Waals surface area contributed by atoms with Crippen molar-refractivity contribution in [1.29, 1.82) is 0 Å². The number of nitrogens with zero attached hydrogens (tertiary/aromatic N) is 3. The topological polar surface area (TPSA) is 47.8 Å². The molecule has 0 saturated heterocycles. The normalized spacial score (nSPS) is 21.6. The van der Waals surface area contributed by atoms with Crippen molar-refractivity contribution in [3.63, 3.8) is 0 Å². The molecule has 2 fully saturated rings. The first-order valence-electron chi connectivity index (χ1n) is 8.47. The van der Waals surface area contributed by atoms with E-state index in [9.17, 15) is 4.79 Å². The van der Waals surface area contributed by atoms with Crippen LogP contribution in [0.4, 0.5) is 0 Å². The van der Waals surface area contributed by atoms with Gasteiger partial charge in [0.1, 0.15) is 11.6 Å². The summed E-state index contributed by atoms with van der Waals surface area (Å²) in [5.41, 5.74) is 1.26. The fourth-order valence-corrected chi connectivity index (χ4v) is 4.31. The second-order valence-electron chi connectivity index (χ2n) is 6.51. The maximum atomic E-state index is 12.1. The summed E-state index contributed by atoms with van der Waals surface area (Å²) in [5.74, 6) is 2.03. The van der Waals surface area contributed by atoms with Crippen LogP contribution >= 0.6 is 11.8 Å². The molecule has 23 heavy (non-hydrogen) atoms. The lowest BCUT2D eigenvalue weighted by Crippen LogP contribution is -2.22. The van der Waals surface area contributed by atoms with Gasteiger partial charge in [0.2, 0.25) is 0 Å². The van der Waals surface area contributed by atoms with Crippen LogP contribution in [-0.4, -0.2) is 25.8 Å². The minimum absolute atomic E-state index is 0.0644. The van der Waals surface area contributed by atoms with E-state index in [1.54, 1.807) is 11.8 Å². The second kappa shape index (κ2) is 6.48.